The molecule has 0 aliphatic heterocycles. The van der Waals surface area contributed by atoms with Crippen molar-refractivity contribution in [2.75, 3.05) is 13.1 Å². The van der Waals surface area contributed by atoms with Crippen molar-refractivity contribution in [3.63, 3.8) is 0 Å². The number of carbonyl (C=O) groups excluding carboxylic acids is 1. The van der Waals surface area contributed by atoms with Gasteiger partial charge in [-0.3, -0.25) is 4.90 Å². The highest BCUT2D eigenvalue weighted by atomic mass is 19.4. The zero-order valence-corrected chi connectivity index (χ0v) is 9.80. The van der Waals surface area contributed by atoms with Gasteiger partial charge < -0.3 is 4.79 Å². The molecule has 2 rings (SSSR count). The number of nitrogens with zero attached hydrogens (tertiary/aromatic N) is 1. The van der Waals surface area contributed by atoms with E-state index in [1.165, 1.54) is 4.90 Å². The molecule has 0 radical (unpaired) electrons. The molecular formula is C12H18F3NO. The Hall–Kier alpha value is -0.580. The van der Waals surface area contributed by atoms with E-state index in [1.807, 2.05) is 0 Å². The molecule has 0 atom stereocenters. The van der Waals surface area contributed by atoms with E-state index in [4.69, 9.17) is 0 Å². The minimum absolute atomic E-state index is 0.0500. The highest BCUT2D eigenvalue weighted by Gasteiger charge is 2.43. The summed E-state index contributed by atoms with van der Waals surface area (Å²) in [6.45, 7) is -0.575. The molecular weight excluding hydrogens is 231 g/mol. The number of hydrogen-bond donors (Lipinski definition) is 0. The zero-order valence-electron chi connectivity index (χ0n) is 9.80. The highest BCUT2D eigenvalue weighted by Crippen LogP contribution is 2.40. The average Bonchev–Trinajstić information content (AvgIpc) is 2.98. The Kier molecular flexibility index (Phi) is 3.48. The summed E-state index contributed by atoms with van der Waals surface area (Å²) in [6, 6.07) is 0.0500. The largest absolute Gasteiger partial charge is 0.401 e. The van der Waals surface area contributed by atoms with E-state index in [9.17, 15) is 18.0 Å². The highest BCUT2D eigenvalue weighted by molar-refractivity contribution is 5.60. The molecule has 0 heterocycles. The van der Waals surface area contributed by atoms with E-state index in [0.29, 0.717) is 6.54 Å². The molecule has 0 spiro atoms. The molecule has 2 fully saturated rings. The fourth-order valence-corrected chi connectivity index (χ4v) is 2.78. The van der Waals surface area contributed by atoms with E-state index in [1.54, 1.807) is 0 Å². The smallest absolute Gasteiger partial charge is 0.303 e. The topological polar surface area (TPSA) is 20.3 Å². The van der Waals surface area contributed by atoms with Gasteiger partial charge in [0.05, 0.1) is 6.54 Å². The van der Waals surface area contributed by atoms with E-state index in [2.05, 4.69) is 0 Å². The second-order valence-electron chi connectivity index (χ2n) is 5.44. The first kappa shape index (κ1) is 12.9. The van der Waals surface area contributed by atoms with Crippen LogP contribution in [0.2, 0.25) is 0 Å². The minimum atomic E-state index is -4.16. The first-order valence-corrected chi connectivity index (χ1v) is 6.21. The predicted octanol–water partition coefficient (Wildman–Crippen LogP) is 2.77. The van der Waals surface area contributed by atoms with Crippen LogP contribution in [0.25, 0.3) is 0 Å². The van der Waals surface area contributed by atoms with Crippen molar-refractivity contribution >= 4 is 6.29 Å². The molecule has 0 N–H and O–H groups in total. The molecule has 0 aromatic heterocycles. The summed E-state index contributed by atoms with van der Waals surface area (Å²) in [4.78, 5) is 12.6. The standard InChI is InChI=1S/C12H18F3NO/c13-12(14,15)8-16(10-3-4-10)7-11(9-17)5-1-2-6-11/h9-10H,1-8H2. The molecule has 2 saturated carbocycles. The Balaban J connectivity index is 1.99. The summed E-state index contributed by atoms with van der Waals surface area (Å²) in [5.74, 6) is 0. The third-order valence-electron chi connectivity index (χ3n) is 3.81. The molecule has 0 amide bonds. The lowest BCUT2D eigenvalue weighted by molar-refractivity contribution is -0.151. The van der Waals surface area contributed by atoms with Crippen LogP contribution < -0.4 is 0 Å². The normalized spacial score (nSPS) is 24.2. The maximum Gasteiger partial charge on any atom is 0.401 e. The van der Waals surface area contributed by atoms with E-state index < -0.39 is 18.1 Å². The first-order chi connectivity index (χ1) is 7.94. The maximum absolute atomic E-state index is 12.5. The number of aldehydes is 1. The van der Waals surface area contributed by atoms with Crippen molar-refractivity contribution in [2.24, 2.45) is 5.41 Å². The van der Waals surface area contributed by atoms with Gasteiger partial charge in [0.25, 0.3) is 0 Å². The second-order valence-corrected chi connectivity index (χ2v) is 5.44. The second kappa shape index (κ2) is 4.59. The van der Waals surface area contributed by atoms with Crippen LogP contribution in [-0.4, -0.2) is 36.5 Å². The molecule has 0 aromatic rings. The maximum atomic E-state index is 12.5. The summed E-state index contributed by atoms with van der Waals surface area (Å²) in [6.07, 6.45) is 1.83. The Morgan fingerprint density at radius 1 is 1.24 bits per heavy atom. The van der Waals surface area contributed by atoms with Gasteiger partial charge in [-0.1, -0.05) is 12.8 Å². The van der Waals surface area contributed by atoms with Crippen LogP contribution in [0.1, 0.15) is 38.5 Å². The molecule has 0 bridgehead atoms. The average molecular weight is 249 g/mol. The summed E-state index contributed by atoms with van der Waals surface area (Å²) in [7, 11) is 0. The van der Waals surface area contributed by atoms with Crippen LogP contribution in [0.3, 0.4) is 0 Å². The third-order valence-corrected chi connectivity index (χ3v) is 3.81. The molecule has 0 unspecified atom stereocenters. The lowest BCUT2D eigenvalue weighted by Crippen LogP contribution is -2.43. The van der Waals surface area contributed by atoms with E-state index >= 15 is 0 Å². The van der Waals surface area contributed by atoms with Gasteiger partial charge in [0.1, 0.15) is 6.29 Å². The van der Waals surface area contributed by atoms with Crippen molar-refractivity contribution < 1.29 is 18.0 Å². The Bertz CT molecular complexity index is 280. The quantitative estimate of drug-likeness (QED) is 0.698. The van der Waals surface area contributed by atoms with Gasteiger partial charge in [-0.15, -0.1) is 0 Å². The van der Waals surface area contributed by atoms with Crippen molar-refractivity contribution in [1.29, 1.82) is 0 Å². The number of hydrogen-bond acceptors (Lipinski definition) is 2. The molecule has 2 aliphatic rings. The molecule has 98 valence electrons. The number of rotatable bonds is 5. The van der Waals surface area contributed by atoms with Gasteiger partial charge in [-0.05, 0) is 25.7 Å². The van der Waals surface area contributed by atoms with Crippen molar-refractivity contribution in [3.05, 3.63) is 0 Å². The number of carbonyl (C=O) groups is 1. The summed E-state index contributed by atoms with van der Waals surface area (Å²) in [5, 5.41) is 0. The Morgan fingerprint density at radius 2 is 1.82 bits per heavy atom. The lowest BCUT2D eigenvalue weighted by Gasteiger charge is -2.31. The fourth-order valence-electron chi connectivity index (χ4n) is 2.78. The molecule has 0 aromatic carbocycles. The van der Waals surface area contributed by atoms with Crippen LogP contribution in [0.4, 0.5) is 13.2 Å². The van der Waals surface area contributed by atoms with Crippen molar-refractivity contribution in [1.82, 2.24) is 4.90 Å². The molecule has 17 heavy (non-hydrogen) atoms. The third kappa shape index (κ3) is 3.44. The van der Waals surface area contributed by atoms with Crippen LogP contribution in [-0.2, 0) is 4.79 Å². The van der Waals surface area contributed by atoms with Gasteiger partial charge in [0.15, 0.2) is 0 Å². The predicted molar refractivity (Wildman–Crippen MR) is 57.6 cm³/mol. The summed E-state index contributed by atoms with van der Waals surface area (Å²) < 4.78 is 37.4. The summed E-state index contributed by atoms with van der Waals surface area (Å²) in [5.41, 5.74) is -0.506. The number of halogens is 3. The lowest BCUT2D eigenvalue weighted by atomic mass is 9.87. The summed E-state index contributed by atoms with van der Waals surface area (Å²) >= 11 is 0. The Labute approximate surface area is 99.2 Å². The fraction of sp³-hybridized carbons (Fsp3) is 0.917. The van der Waals surface area contributed by atoms with Gasteiger partial charge >= 0.3 is 6.18 Å². The monoisotopic (exact) mass is 249 g/mol. The molecule has 0 saturated heterocycles. The van der Waals surface area contributed by atoms with E-state index in [0.717, 1.165) is 44.8 Å². The molecule has 2 aliphatic carbocycles. The van der Waals surface area contributed by atoms with Gasteiger partial charge in [-0.2, -0.15) is 13.2 Å². The SMILES string of the molecule is O=CC1(CN(CC(F)(F)F)C2CC2)CCCC1. The van der Waals surface area contributed by atoms with Crippen LogP contribution in [0.5, 0.6) is 0 Å². The van der Waals surface area contributed by atoms with Crippen molar-refractivity contribution in [2.45, 2.75) is 50.7 Å². The van der Waals surface area contributed by atoms with Gasteiger partial charge in [0.2, 0.25) is 0 Å². The van der Waals surface area contributed by atoms with Crippen LogP contribution in [0.15, 0.2) is 0 Å². The van der Waals surface area contributed by atoms with Crippen molar-refractivity contribution in [3.8, 4) is 0 Å². The molecule has 2 nitrogen and oxygen atoms in total. The molecule has 5 heteroatoms. The Morgan fingerprint density at radius 3 is 2.24 bits per heavy atom. The number of alkyl halides is 3. The van der Waals surface area contributed by atoms with Gasteiger partial charge in [0, 0.05) is 18.0 Å². The minimum Gasteiger partial charge on any atom is -0.303 e. The first-order valence-electron chi connectivity index (χ1n) is 6.21. The van der Waals surface area contributed by atoms with Gasteiger partial charge in [-0.25, -0.2) is 0 Å². The van der Waals surface area contributed by atoms with E-state index in [-0.39, 0.29) is 6.04 Å². The zero-order chi connectivity index (χ0) is 12.5. The van der Waals surface area contributed by atoms with Crippen LogP contribution >= 0.6 is 0 Å². The van der Waals surface area contributed by atoms with Crippen LogP contribution in [0, 0.1) is 5.41 Å².